The second-order valence-electron chi connectivity index (χ2n) is 2.33. The van der Waals surface area contributed by atoms with Crippen LogP contribution in [0, 0.1) is 0 Å². The van der Waals surface area contributed by atoms with Crippen LogP contribution in [0.3, 0.4) is 0 Å². The van der Waals surface area contributed by atoms with Gasteiger partial charge in [-0.1, -0.05) is 0 Å². The molecular weight excluding hydrogens is 170 g/mol. The van der Waals surface area contributed by atoms with Crippen LogP contribution in [0.4, 0.5) is 10.5 Å². The number of aromatic nitrogens is 1. The first kappa shape index (κ1) is 9.31. The van der Waals surface area contributed by atoms with Gasteiger partial charge in [-0.3, -0.25) is 4.98 Å². The zero-order valence-corrected chi connectivity index (χ0v) is 7.06. The second-order valence-corrected chi connectivity index (χ2v) is 2.33. The number of rotatable bonds is 4. The normalized spacial score (nSPS) is 9.23. The van der Waals surface area contributed by atoms with E-state index in [1.165, 1.54) is 0 Å². The number of nitrogens with one attached hydrogen (secondary N) is 1. The second kappa shape index (κ2) is 4.97. The van der Waals surface area contributed by atoms with Gasteiger partial charge in [-0.2, -0.15) is 0 Å². The van der Waals surface area contributed by atoms with Crippen LogP contribution in [-0.4, -0.2) is 24.2 Å². The van der Waals surface area contributed by atoms with Crippen LogP contribution in [0.1, 0.15) is 0 Å². The lowest BCUT2D eigenvalue weighted by molar-refractivity contribution is 0.161. The molecule has 0 unspecified atom stereocenters. The molecular formula is C8H11N3O2. The molecule has 1 amide bonds. The van der Waals surface area contributed by atoms with Gasteiger partial charge in [-0.05, 0) is 12.1 Å². The number of carbonyl (C=O) groups excluding carboxylic acids is 1. The fourth-order valence-corrected chi connectivity index (χ4v) is 0.817. The van der Waals surface area contributed by atoms with Crippen LogP contribution in [0.25, 0.3) is 0 Å². The molecule has 0 aliphatic heterocycles. The quantitative estimate of drug-likeness (QED) is 0.666. The van der Waals surface area contributed by atoms with Crippen molar-refractivity contribution in [2.75, 3.05) is 18.5 Å². The van der Waals surface area contributed by atoms with Crippen LogP contribution in [0.2, 0.25) is 0 Å². The Morgan fingerprint density at radius 2 is 2.23 bits per heavy atom. The highest BCUT2D eigenvalue weighted by atomic mass is 16.5. The predicted molar refractivity (Wildman–Crippen MR) is 48.3 cm³/mol. The summed E-state index contributed by atoms with van der Waals surface area (Å²) < 4.78 is 4.52. The van der Waals surface area contributed by atoms with Crippen molar-refractivity contribution in [2.24, 2.45) is 5.73 Å². The summed E-state index contributed by atoms with van der Waals surface area (Å²) in [6, 6.07) is 3.65. The van der Waals surface area contributed by atoms with E-state index in [0.29, 0.717) is 6.54 Å². The Kier molecular flexibility index (Phi) is 3.56. The molecule has 0 atom stereocenters. The molecule has 1 aromatic rings. The third-order valence-corrected chi connectivity index (χ3v) is 1.36. The first-order chi connectivity index (χ1) is 6.29. The minimum absolute atomic E-state index is 0.262. The number of nitrogens with two attached hydrogens (primary N) is 1. The average Bonchev–Trinajstić information content (AvgIpc) is 2.14. The molecule has 1 rings (SSSR count). The van der Waals surface area contributed by atoms with Gasteiger partial charge in [-0.25, -0.2) is 4.79 Å². The minimum Gasteiger partial charge on any atom is -0.448 e. The van der Waals surface area contributed by atoms with Crippen LogP contribution in [-0.2, 0) is 4.74 Å². The Morgan fingerprint density at radius 1 is 1.54 bits per heavy atom. The number of nitrogens with zero attached hydrogens (tertiary/aromatic N) is 1. The van der Waals surface area contributed by atoms with Gasteiger partial charge in [-0.15, -0.1) is 0 Å². The van der Waals surface area contributed by atoms with Crippen molar-refractivity contribution in [3.8, 4) is 0 Å². The van der Waals surface area contributed by atoms with Gasteiger partial charge < -0.3 is 15.8 Å². The average molecular weight is 181 g/mol. The molecule has 0 saturated heterocycles. The molecule has 0 fully saturated rings. The van der Waals surface area contributed by atoms with E-state index >= 15 is 0 Å². The summed E-state index contributed by atoms with van der Waals surface area (Å²) in [5.74, 6) is 0. The molecule has 1 heterocycles. The number of amides is 1. The lowest BCUT2D eigenvalue weighted by Crippen LogP contribution is -2.18. The molecule has 70 valence electrons. The van der Waals surface area contributed by atoms with E-state index in [0.717, 1.165) is 5.69 Å². The van der Waals surface area contributed by atoms with E-state index in [-0.39, 0.29) is 6.61 Å². The van der Waals surface area contributed by atoms with Crippen LogP contribution >= 0.6 is 0 Å². The van der Waals surface area contributed by atoms with Crippen LogP contribution in [0.15, 0.2) is 24.5 Å². The maximum Gasteiger partial charge on any atom is 0.404 e. The van der Waals surface area contributed by atoms with Gasteiger partial charge in [0.1, 0.15) is 6.61 Å². The molecule has 0 spiro atoms. The molecule has 3 N–H and O–H groups in total. The number of hydrogen-bond donors (Lipinski definition) is 2. The molecule has 5 heteroatoms. The number of primary amides is 1. The third kappa shape index (κ3) is 3.95. The van der Waals surface area contributed by atoms with E-state index in [9.17, 15) is 4.79 Å². The fourth-order valence-electron chi connectivity index (χ4n) is 0.817. The zero-order chi connectivity index (χ0) is 9.52. The monoisotopic (exact) mass is 181 g/mol. The highest BCUT2D eigenvalue weighted by Crippen LogP contribution is 2.01. The lowest BCUT2D eigenvalue weighted by Gasteiger charge is -2.04. The molecule has 5 nitrogen and oxygen atoms in total. The Labute approximate surface area is 75.9 Å². The third-order valence-electron chi connectivity index (χ3n) is 1.36. The maximum absolute atomic E-state index is 10.2. The van der Waals surface area contributed by atoms with Crippen LogP contribution < -0.4 is 11.1 Å². The van der Waals surface area contributed by atoms with Gasteiger partial charge >= 0.3 is 6.09 Å². The van der Waals surface area contributed by atoms with Crippen molar-refractivity contribution < 1.29 is 9.53 Å². The number of pyridine rings is 1. The molecule has 13 heavy (non-hydrogen) atoms. The molecule has 0 aliphatic carbocycles. The Morgan fingerprint density at radius 3 is 2.85 bits per heavy atom. The summed E-state index contributed by atoms with van der Waals surface area (Å²) in [7, 11) is 0. The van der Waals surface area contributed by atoms with Gasteiger partial charge in [0.2, 0.25) is 0 Å². The van der Waals surface area contributed by atoms with Crippen molar-refractivity contribution >= 4 is 11.8 Å². The smallest absolute Gasteiger partial charge is 0.404 e. The van der Waals surface area contributed by atoms with E-state index in [2.05, 4.69) is 15.0 Å². The highest BCUT2D eigenvalue weighted by molar-refractivity contribution is 5.64. The molecule has 0 aliphatic rings. The van der Waals surface area contributed by atoms with Gasteiger partial charge in [0, 0.05) is 24.6 Å². The Bertz CT molecular complexity index is 263. The van der Waals surface area contributed by atoms with Gasteiger partial charge in [0.25, 0.3) is 0 Å². The van der Waals surface area contributed by atoms with E-state index < -0.39 is 6.09 Å². The predicted octanol–water partition coefficient (Wildman–Crippen LogP) is 0.589. The fraction of sp³-hybridized carbons (Fsp3) is 0.250. The standard InChI is InChI=1S/C8H11N3O2/c9-8(12)13-6-5-11-7-1-3-10-4-2-7/h1-4H,5-6H2,(H2,9,12)(H,10,11). The SMILES string of the molecule is NC(=O)OCCNc1ccncc1. The summed E-state index contributed by atoms with van der Waals surface area (Å²) >= 11 is 0. The van der Waals surface area contributed by atoms with E-state index in [4.69, 9.17) is 5.73 Å². The van der Waals surface area contributed by atoms with Crippen LogP contribution in [0.5, 0.6) is 0 Å². The van der Waals surface area contributed by atoms with Gasteiger partial charge in [0.05, 0.1) is 0 Å². The van der Waals surface area contributed by atoms with Crippen molar-refractivity contribution in [1.29, 1.82) is 0 Å². The summed E-state index contributed by atoms with van der Waals surface area (Å²) in [6.07, 6.45) is 2.60. The number of carbonyl (C=O) groups is 1. The number of anilines is 1. The van der Waals surface area contributed by atoms with Crippen molar-refractivity contribution in [3.63, 3.8) is 0 Å². The lowest BCUT2D eigenvalue weighted by atomic mass is 10.4. The maximum atomic E-state index is 10.2. The first-order valence-electron chi connectivity index (χ1n) is 3.85. The van der Waals surface area contributed by atoms with Crippen molar-refractivity contribution in [2.45, 2.75) is 0 Å². The van der Waals surface area contributed by atoms with Crippen molar-refractivity contribution in [3.05, 3.63) is 24.5 Å². The van der Waals surface area contributed by atoms with Gasteiger partial charge in [0.15, 0.2) is 0 Å². The molecule has 0 aromatic carbocycles. The number of ether oxygens (including phenoxy) is 1. The summed E-state index contributed by atoms with van der Waals surface area (Å²) in [5, 5.41) is 3.03. The largest absolute Gasteiger partial charge is 0.448 e. The first-order valence-corrected chi connectivity index (χ1v) is 3.85. The zero-order valence-electron chi connectivity index (χ0n) is 7.06. The summed E-state index contributed by atoms with van der Waals surface area (Å²) in [5.41, 5.74) is 5.71. The molecule has 0 bridgehead atoms. The topological polar surface area (TPSA) is 77.2 Å². The summed E-state index contributed by atoms with van der Waals surface area (Å²) in [4.78, 5) is 14.0. The molecule has 0 saturated carbocycles. The molecule has 0 radical (unpaired) electrons. The Balaban J connectivity index is 2.17. The number of hydrogen-bond acceptors (Lipinski definition) is 4. The minimum atomic E-state index is -0.753. The summed E-state index contributed by atoms with van der Waals surface area (Å²) in [6.45, 7) is 0.796. The Hall–Kier alpha value is -1.78. The van der Waals surface area contributed by atoms with E-state index in [1.807, 2.05) is 12.1 Å². The van der Waals surface area contributed by atoms with Crippen molar-refractivity contribution in [1.82, 2.24) is 4.98 Å². The van der Waals surface area contributed by atoms with E-state index in [1.54, 1.807) is 12.4 Å². The highest BCUT2D eigenvalue weighted by Gasteiger charge is 1.92. The molecule has 1 aromatic heterocycles.